The summed E-state index contributed by atoms with van der Waals surface area (Å²) >= 11 is 0. The van der Waals surface area contributed by atoms with E-state index in [0.717, 1.165) is 24.6 Å². The van der Waals surface area contributed by atoms with Crippen molar-refractivity contribution in [3.63, 3.8) is 0 Å². The lowest BCUT2D eigenvalue weighted by Gasteiger charge is -2.26. The number of hydrogen-bond acceptors (Lipinski definition) is 3. The minimum Gasteiger partial charge on any atom is -0.341 e. The molecular formula is C18H23N3. The Labute approximate surface area is 127 Å². The molecule has 110 valence electrons. The highest BCUT2D eigenvalue weighted by molar-refractivity contribution is 5.63. The molecule has 1 fully saturated rings. The third-order valence-corrected chi connectivity index (χ3v) is 4.16. The molecule has 3 rings (SSSR count). The molecule has 3 nitrogen and oxygen atoms in total. The number of rotatable bonds is 3. The van der Waals surface area contributed by atoms with Crippen LogP contribution in [-0.4, -0.2) is 23.1 Å². The first-order valence-electron chi connectivity index (χ1n) is 7.91. The molecule has 1 aliphatic rings. The second-order valence-corrected chi connectivity index (χ2v) is 6.10. The molecule has 3 heteroatoms. The van der Waals surface area contributed by atoms with Crippen molar-refractivity contribution in [3.05, 3.63) is 42.2 Å². The van der Waals surface area contributed by atoms with E-state index < -0.39 is 0 Å². The third kappa shape index (κ3) is 3.23. The topological polar surface area (TPSA) is 29.0 Å². The summed E-state index contributed by atoms with van der Waals surface area (Å²) < 4.78 is 0. The van der Waals surface area contributed by atoms with Gasteiger partial charge in [0.1, 0.15) is 0 Å². The van der Waals surface area contributed by atoms with Gasteiger partial charge in [-0.3, -0.25) is 0 Å². The Morgan fingerprint density at radius 2 is 1.67 bits per heavy atom. The van der Waals surface area contributed by atoms with E-state index in [2.05, 4.69) is 53.0 Å². The van der Waals surface area contributed by atoms with Crippen LogP contribution < -0.4 is 4.90 Å². The molecule has 21 heavy (non-hydrogen) atoms. The van der Waals surface area contributed by atoms with E-state index in [1.165, 1.54) is 30.4 Å². The lowest BCUT2D eigenvalue weighted by atomic mass is 9.99. The summed E-state index contributed by atoms with van der Waals surface area (Å²) in [6.45, 7) is 6.61. The Balaban J connectivity index is 1.81. The van der Waals surface area contributed by atoms with E-state index in [4.69, 9.17) is 0 Å². The second kappa shape index (κ2) is 6.25. The molecule has 0 spiro atoms. The first-order chi connectivity index (χ1) is 10.2. The Bertz CT molecular complexity index is 584. The van der Waals surface area contributed by atoms with Gasteiger partial charge in [-0.05, 0) is 36.3 Å². The smallest absolute Gasteiger partial charge is 0.225 e. The number of anilines is 1. The highest BCUT2D eigenvalue weighted by atomic mass is 15.2. The quantitative estimate of drug-likeness (QED) is 0.842. The average molecular weight is 281 g/mol. The van der Waals surface area contributed by atoms with Crippen molar-refractivity contribution in [3.8, 4) is 11.1 Å². The van der Waals surface area contributed by atoms with E-state index in [9.17, 15) is 0 Å². The minimum absolute atomic E-state index is 0.540. The van der Waals surface area contributed by atoms with Crippen LogP contribution in [0.2, 0.25) is 0 Å². The number of piperidine rings is 1. The summed E-state index contributed by atoms with van der Waals surface area (Å²) in [5.41, 5.74) is 3.65. The molecule has 1 aromatic carbocycles. The molecule has 0 amide bonds. The van der Waals surface area contributed by atoms with Gasteiger partial charge < -0.3 is 4.90 Å². The van der Waals surface area contributed by atoms with Crippen LogP contribution in [0.15, 0.2) is 36.7 Å². The zero-order chi connectivity index (χ0) is 14.7. The van der Waals surface area contributed by atoms with Gasteiger partial charge >= 0.3 is 0 Å². The third-order valence-electron chi connectivity index (χ3n) is 4.16. The van der Waals surface area contributed by atoms with Crippen LogP contribution in [0.3, 0.4) is 0 Å². The van der Waals surface area contributed by atoms with Crippen molar-refractivity contribution in [2.75, 3.05) is 18.0 Å². The van der Waals surface area contributed by atoms with Crippen LogP contribution in [0, 0.1) is 0 Å². The molecule has 0 N–H and O–H groups in total. The summed E-state index contributed by atoms with van der Waals surface area (Å²) in [5.74, 6) is 1.41. The zero-order valence-corrected chi connectivity index (χ0v) is 12.9. The molecule has 1 aliphatic heterocycles. The van der Waals surface area contributed by atoms with E-state index in [-0.39, 0.29) is 0 Å². The van der Waals surface area contributed by atoms with Gasteiger partial charge in [-0.1, -0.05) is 38.1 Å². The van der Waals surface area contributed by atoms with Crippen molar-refractivity contribution in [2.24, 2.45) is 0 Å². The van der Waals surface area contributed by atoms with Gasteiger partial charge in [0, 0.05) is 31.0 Å². The molecule has 0 aliphatic carbocycles. The number of nitrogens with zero attached hydrogens (tertiary/aromatic N) is 3. The summed E-state index contributed by atoms with van der Waals surface area (Å²) in [6, 6.07) is 8.66. The molecule has 0 radical (unpaired) electrons. The van der Waals surface area contributed by atoms with Gasteiger partial charge in [0.15, 0.2) is 0 Å². The van der Waals surface area contributed by atoms with Crippen molar-refractivity contribution >= 4 is 5.95 Å². The summed E-state index contributed by atoms with van der Waals surface area (Å²) in [6.07, 6.45) is 7.74. The predicted molar refractivity (Wildman–Crippen MR) is 87.6 cm³/mol. The fraction of sp³-hybridized carbons (Fsp3) is 0.444. The first-order valence-corrected chi connectivity index (χ1v) is 7.91. The molecule has 2 aromatic rings. The maximum absolute atomic E-state index is 4.57. The largest absolute Gasteiger partial charge is 0.341 e. The maximum atomic E-state index is 4.57. The van der Waals surface area contributed by atoms with Crippen molar-refractivity contribution in [1.29, 1.82) is 0 Å². The standard InChI is InChI=1S/C18H23N3/c1-14(2)15-7-6-8-16(11-15)17-12-19-18(20-13-17)21-9-4-3-5-10-21/h6-8,11-14H,3-5,9-10H2,1-2H3. The molecule has 1 aromatic heterocycles. The summed E-state index contributed by atoms with van der Waals surface area (Å²) in [4.78, 5) is 11.4. The van der Waals surface area contributed by atoms with Crippen LogP contribution in [0.4, 0.5) is 5.95 Å². The van der Waals surface area contributed by atoms with Crippen molar-refractivity contribution < 1.29 is 0 Å². The van der Waals surface area contributed by atoms with Crippen LogP contribution >= 0.6 is 0 Å². The molecular weight excluding hydrogens is 258 g/mol. The Kier molecular flexibility index (Phi) is 4.18. The molecule has 0 bridgehead atoms. The zero-order valence-electron chi connectivity index (χ0n) is 12.9. The van der Waals surface area contributed by atoms with Crippen molar-refractivity contribution in [1.82, 2.24) is 9.97 Å². The first kappa shape index (κ1) is 14.1. The van der Waals surface area contributed by atoms with Crippen molar-refractivity contribution in [2.45, 2.75) is 39.0 Å². The molecule has 0 saturated carbocycles. The number of hydrogen-bond donors (Lipinski definition) is 0. The normalized spacial score (nSPS) is 15.5. The lowest BCUT2D eigenvalue weighted by Crippen LogP contribution is -2.30. The fourth-order valence-corrected chi connectivity index (χ4v) is 2.80. The minimum atomic E-state index is 0.540. The Morgan fingerprint density at radius 1 is 0.952 bits per heavy atom. The molecule has 2 heterocycles. The van der Waals surface area contributed by atoms with Gasteiger partial charge in [-0.2, -0.15) is 0 Å². The van der Waals surface area contributed by atoms with Gasteiger partial charge in [0.05, 0.1) is 0 Å². The highest BCUT2D eigenvalue weighted by Gasteiger charge is 2.13. The Hall–Kier alpha value is -1.90. The van der Waals surface area contributed by atoms with Gasteiger partial charge in [0.2, 0.25) is 5.95 Å². The van der Waals surface area contributed by atoms with Gasteiger partial charge in [-0.15, -0.1) is 0 Å². The SMILES string of the molecule is CC(C)c1cccc(-c2cnc(N3CCCCC3)nc2)c1. The molecule has 0 unspecified atom stereocenters. The van der Waals surface area contributed by atoms with E-state index >= 15 is 0 Å². The van der Waals surface area contributed by atoms with Crippen LogP contribution in [0.25, 0.3) is 11.1 Å². The van der Waals surface area contributed by atoms with E-state index in [1.54, 1.807) is 0 Å². The van der Waals surface area contributed by atoms with Crippen LogP contribution in [0.5, 0.6) is 0 Å². The van der Waals surface area contributed by atoms with Crippen LogP contribution in [0.1, 0.15) is 44.6 Å². The summed E-state index contributed by atoms with van der Waals surface area (Å²) in [5, 5.41) is 0. The predicted octanol–water partition coefficient (Wildman–Crippen LogP) is 4.26. The maximum Gasteiger partial charge on any atom is 0.225 e. The fourth-order valence-electron chi connectivity index (χ4n) is 2.80. The second-order valence-electron chi connectivity index (χ2n) is 6.10. The van der Waals surface area contributed by atoms with Crippen LogP contribution in [-0.2, 0) is 0 Å². The van der Waals surface area contributed by atoms with Gasteiger partial charge in [-0.25, -0.2) is 9.97 Å². The average Bonchev–Trinajstić information content (AvgIpc) is 2.56. The van der Waals surface area contributed by atoms with E-state index in [0.29, 0.717) is 5.92 Å². The highest BCUT2D eigenvalue weighted by Crippen LogP contribution is 2.24. The summed E-state index contributed by atoms with van der Waals surface area (Å²) in [7, 11) is 0. The van der Waals surface area contributed by atoms with E-state index in [1.807, 2.05) is 12.4 Å². The number of benzene rings is 1. The Morgan fingerprint density at radius 3 is 2.33 bits per heavy atom. The van der Waals surface area contributed by atoms with Gasteiger partial charge in [0.25, 0.3) is 0 Å². The monoisotopic (exact) mass is 281 g/mol. The lowest BCUT2D eigenvalue weighted by molar-refractivity contribution is 0.568. The molecule has 1 saturated heterocycles. The number of aromatic nitrogens is 2. The molecule has 0 atom stereocenters.